The molecule has 3 aromatic rings. The molecule has 0 fully saturated rings. The number of methoxy groups -OCH3 is 1. The van der Waals surface area contributed by atoms with Crippen molar-refractivity contribution >= 4 is 5.78 Å². The number of ketones is 1. The number of hydrogen-bond donors (Lipinski definition) is 0. The second kappa shape index (κ2) is 9.43. The molecule has 1 atom stereocenters. The lowest BCUT2D eigenvalue weighted by Gasteiger charge is -2.17. The topological polar surface area (TPSA) is 64.2 Å². The molecule has 0 aliphatic carbocycles. The first-order valence-corrected chi connectivity index (χ1v) is 9.88. The predicted octanol–water partition coefficient (Wildman–Crippen LogP) is 5.11. The third kappa shape index (κ3) is 4.61. The molecule has 2 aromatic carbocycles. The predicted molar refractivity (Wildman–Crippen MR) is 117 cm³/mol. The number of Topliss-reactive ketones (excluding diaryl/α,β-unsaturated/α-hetero) is 1. The third-order valence-electron chi connectivity index (χ3n) is 5.20. The van der Waals surface area contributed by atoms with E-state index in [2.05, 4.69) is 17.6 Å². The van der Waals surface area contributed by atoms with Gasteiger partial charge in [-0.2, -0.15) is 5.26 Å². The van der Waals surface area contributed by atoms with Crippen LogP contribution >= 0.6 is 0 Å². The van der Waals surface area contributed by atoms with Crippen molar-refractivity contribution in [2.75, 3.05) is 20.3 Å². The maximum atomic E-state index is 12.7. The standard InChI is InChI=1S/C25H26N2O3/c1-17-13-24(19(3)27(17)18(2)15-29-4)25(28)16-30-23-11-9-22(10-12-23)21-7-5-20(14-26)6-8-21/h5-13,18H,15-16H2,1-4H3/t18-/m0/s1. The van der Waals surface area contributed by atoms with E-state index in [1.807, 2.05) is 56.3 Å². The van der Waals surface area contributed by atoms with Crippen LogP contribution in [-0.2, 0) is 4.74 Å². The molecule has 0 N–H and O–H groups in total. The lowest BCUT2D eigenvalue weighted by Crippen LogP contribution is -2.16. The molecule has 0 saturated heterocycles. The SMILES string of the molecule is COC[C@H](C)n1c(C)cc(C(=O)COc2ccc(-c3ccc(C#N)cc3)cc2)c1C. The Kier molecular flexibility index (Phi) is 6.71. The van der Waals surface area contributed by atoms with Gasteiger partial charge in [0, 0.05) is 24.1 Å². The Morgan fingerprint density at radius 3 is 2.23 bits per heavy atom. The summed E-state index contributed by atoms with van der Waals surface area (Å²) in [5, 5.41) is 8.91. The highest BCUT2D eigenvalue weighted by atomic mass is 16.5. The van der Waals surface area contributed by atoms with Gasteiger partial charge in [0.2, 0.25) is 5.78 Å². The zero-order valence-corrected chi connectivity index (χ0v) is 17.8. The Morgan fingerprint density at radius 2 is 1.67 bits per heavy atom. The smallest absolute Gasteiger partial charge is 0.202 e. The van der Waals surface area contributed by atoms with Crippen molar-refractivity contribution in [2.45, 2.75) is 26.8 Å². The molecule has 30 heavy (non-hydrogen) atoms. The van der Waals surface area contributed by atoms with Crippen LogP contribution in [0.1, 0.15) is 40.3 Å². The minimum atomic E-state index is -0.0462. The Hall–Kier alpha value is -3.36. The van der Waals surface area contributed by atoms with Gasteiger partial charge in [-0.3, -0.25) is 4.79 Å². The average molecular weight is 402 g/mol. The fraction of sp³-hybridized carbons (Fsp3) is 0.280. The molecule has 1 heterocycles. The van der Waals surface area contributed by atoms with Crippen molar-refractivity contribution in [1.29, 1.82) is 5.26 Å². The van der Waals surface area contributed by atoms with Crippen molar-refractivity contribution in [3.8, 4) is 22.9 Å². The van der Waals surface area contributed by atoms with E-state index in [4.69, 9.17) is 14.7 Å². The van der Waals surface area contributed by atoms with E-state index in [-0.39, 0.29) is 18.4 Å². The summed E-state index contributed by atoms with van der Waals surface area (Å²) in [5.41, 5.74) is 5.33. The van der Waals surface area contributed by atoms with Gasteiger partial charge < -0.3 is 14.0 Å². The summed E-state index contributed by atoms with van der Waals surface area (Å²) >= 11 is 0. The van der Waals surface area contributed by atoms with Gasteiger partial charge in [-0.05, 0) is 62.2 Å². The quantitative estimate of drug-likeness (QED) is 0.491. The van der Waals surface area contributed by atoms with Crippen LogP contribution < -0.4 is 4.74 Å². The molecule has 0 saturated carbocycles. The molecular weight excluding hydrogens is 376 g/mol. The lowest BCUT2D eigenvalue weighted by molar-refractivity contribution is 0.0920. The molecule has 0 bridgehead atoms. The first-order chi connectivity index (χ1) is 14.4. The van der Waals surface area contributed by atoms with E-state index in [9.17, 15) is 4.79 Å². The van der Waals surface area contributed by atoms with E-state index in [1.54, 1.807) is 19.2 Å². The second-order valence-electron chi connectivity index (χ2n) is 7.38. The number of rotatable bonds is 8. The maximum absolute atomic E-state index is 12.7. The van der Waals surface area contributed by atoms with E-state index < -0.39 is 0 Å². The van der Waals surface area contributed by atoms with E-state index in [1.165, 1.54) is 0 Å². The fourth-order valence-corrected chi connectivity index (χ4v) is 3.76. The summed E-state index contributed by atoms with van der Waals surface area (Å²) in [4.78, 5) is 12.7. The highest BCUT2D eigenvalue weighted by molar-refractivity contribution is 5.98. The van der Waals surface area contributed by atoms with Gasteiger partial charge in [-0.25, -0.2) is 0 Å². The molecule has 3 rings (SSSR count). The molecule has 0 radical (unpaired) electrons. The average Bonchev–Trinajstić information content (AvgIpc) is 3.06. The highest BCUT2D eigenvalue weighted by Crippen LogP contribution is 2.24. The van der Waals surface area contributed by atoms with Crippen LogP contribution in [0.2, 0.25) is 0 Å². The first kappa shape index (κ1) is 21.4. The minimum Gasteiger partial charge on any atom is -0.485 e. The molecular formula is C25H26N2O3. The van der Waals surface area contributed by atoms with Crippen molar-refractivity contribution in [1.82, 2.24) is 4.57 Å². The number of ether oxygens (including phenoxy) is 2. The third-order valence-corrected chi connectivity index (χ3v) is 5.20. The summed E-state index contributed by atoms with van der Waals surface area (Å²) in [6.07, 6.45) is 0. The lowest BCUT2D eigenvalue weighted by atomic mass is 10.0. The summed E-state index contributed by atoms with van der Waals surface area (Å²) in [7, 11) is 1.68. The largest absolute Gasteiger partial charge is 0.485 e. The second-order valence-corrected chi connectivity index (χ2v) is 7.38. The van der Waals surface area contributed by atoms with Crippen LogP contribution in [0.15, 0.2) is 54.6 Å². The van der Waals surface area contributed by atoms with Crippen LogP contribution in [0.5, 0.6) is 5.75 Å². The van der Waals surface area contributed by atoms with Gasteiger partial charge in [0.25, 0.3) is 0 Å². The zero-order chi connectivity index (χ0) is 21.7. The number of nitrogens with zero attached hydrogens (tertiary/aromatic N) is 2. The number of carbonyl (C=O) groups is 1. The highest BCUT2D eigenvalue weighted by Gasteiger charge is 2.19. The van der Waals surface area contributed by atoms with Gasteiger partial charge in [-0.15, -0.1) is 0 Å². The molecule has 0 spiro atoms. The van der Waals surface area contributed by atoms with Crippen LogP contribution in [-0.4, -0.2) is 30.7 Å². The Labute approximate surface area is 177 Å². The molecule has 5 heteroatoms. The van der Waals surface area contributed by atoms with E-state index >= 15 is 0 Å². The van der Waals surface area contributed by atoms with Crippen molar-refractivity contribution in [3.05, 3.63) is 77.1 Å². The fourth-order valence-electron chi connectivity index (χ4n) is 3.76. The van der Waals surface area contributed by atoms with Crippen LogP contribution in [0.4, 0.5) is 0 Å². The normalized spacial score (nSPS) is 11.7. The molecule has 0 aliphatic rings. The maximum Gasteiger partial charge on any atom is 0.202 e. The Balaban J connectivity index is 1.66. The summed E-state index contributed by atoms with van der Waals surface area (Å²) in [5.74, 6) is 0.595. The summed E-state index contributed by atoms with van der Waals surface area (Å²) in [6.45, 7) is 6.60. The molecule has 0 unspecified atom stereocenters. The molecule has 0 amide bonds. The number of hydrogen-bond acceptors (Lipinski definition) is 4. The van der Waals surface area contributed by atoms with E-state index in [0.717, 1.165) is 22.5 Å². The van der Waals surface area contributed by atoms with Crippen molar-refractivity contribution < 1.29 is 14.3 Å². The van der Waals surface area contributed by atoms with Gasteiger partial charge in [-0.1, -0.05) is 24.3 Å². The van der Waals surface area contributed by atoms with Gasteiger partial charge in [0.05, 0.1) is 24.3 Å². The van der Waals surface area contributed by atoms with Crippen LogP contribution in [0, 0.1) is 25.2 Å². The van der Waals surface area contributed by atoms with Gasteiger partial charge in [0.15, 0.2) is 6.61 Å². The minimum absolute atomic E-state index is 0.0147. The molecule has 5 nitrogen and oxygen atoms in total. The van der Waals surface area contributed by atoms with Gasteiger partial charge >= 0.3 is 0 Å². The molecule has 1 aromatic heterocycles. The first-order valence-electron chi connectivity index (χ1n) is 9.88. The zero-order valence-electron chi connectivity index (χ0n) is 17.8. The Bertz CT molecular complexity index is 1060. The summed E-state index contributed by atoms with van der Waals surface area (Å²) < 4.78 is 13.1. The van der Waals surface area contributed by atoms with Crippen LogP contribution in [0.25, 0.3) is 11.1 Å². The van der Waals surface area contributed by atoms with E-state index in [0.29, 0.717) is 23.5 Å². The van der Waals surface area contributed by atoms with Crippen molar-refractivity contribution in [2.24, 2.45) is 0 Å². The van der Waals surface area contributed by atoms with Crippen LogP contribution in [0.3, 0.4) is 0 Å². The number of aromatic nitrogens is 1. The number of carbonyl (C=O) groups excluding carboxylic acids is 1. The monoisotopic (exact) mass is 402 g/mol. The van der Waals surface area contributed by atoms with Gasteiger partial charge in [0.1, 0.15) is 5.75 Å². The number of benzene rings is 2. The summed E-state index contributed by atoms with van der Waals surface area (Å²) in [6, 6.07) is 19.2. The number of nitriles is 1. The Morgan fingerprint density at radius 1 is 1.07 bits per heavy atom. The molecule has 0 aliphatic heterocycles. The number of aryl methyl sites for hydroxylation is 1. The molecule has 154 valence electrons. The van der Waals surface area contributed by atoms with Crippen molar-refractivity contribution in [3.63, 3.8) is 0 Å².